The number of carbonyl (C=O) groups is 1. The first-order chi connectivity index (χ1) is 12.7. The molecule has 4 nitrogen and oxygen atoms in total. The van der Waals surface area contributed by atoms with Crippen molar-refractivity contribution in [2.45, 2.75) is 0 Å². The lowest BCUT2D eigenvalue weighted by atomic mass is 9.85. The largest absolute Gasteiger partial charge is 0.497 e. The molecule has 0 saturated carbocycles. The van der Waals surface area contributed by atoms with Gasteiger partial charge in [0.1, 0.15) is 11.5 Å². The van der Waals surface area contributed by atoms with Crippen LogP contribution in [0.15, 0.2) is 54.3 Å². The van der Waals surface area contributed by atoms with E-state index in [9.17, 15) is 4.79 Å². The Kier molecular flexibility index (Phi) is 3.88. The third-order valence-electron chi connectivity index (χ3n) is 4.73. The summed E-state index contributed by atoms with van der Waals surface area (Å²) in [5.41, 5.74) is 3.27. The molecule has 0 heterocycles. The Balaban J connectivity index is 2.06. The van der Waals surface area contributed by atoms with Gasteiger partial charge in [-0.1, -0.05) is 30.3 Å². The lowest BCUT2D eigenvalue weighted by molar-refractivity contribution is 0.0958. The fourth-order valence-electron chi connectivity index (χ4n) is 3.49. The molecule has 0 aromatic heterocycles. The van der Waals surface area contributed by atoms with Crippen LogP contribution in [0.4, 0.5) is 0 Å². The SMILES string of the molecule is COC1=Cc2cccc3ccc(-c4ccc(OC)cc4OC)c(c23)C1=O. The monoisotopic (exact) mass is 346 g/mol. The zero-order valence-electron chi connectivity index (χ0n) is 14.8. The Morgan fingerprint density at radius 2 is 1.62 bits per heavy atom. The van der Waals surface area contributed by atoms with E-state index in [0.717, 1.165) is 27.5 Å². The van der Waals surface area contributed by atoms with Gasteiger partial charge in [0, 0.05) is 22.6 Å². The maximum Gasteiger partial charge on any atom is 0.228 e. The van der Waals surface area contributed by atoms with E-state index in [1.807, 2.05) is 48.5 Å². The molecule has 4 rings (SSSR count). The third kappa shape index (κ3) is 2.34. The maximum absolute atomic E-state index is 13.1. The lowest BCUT2D eigenvalue weighted by Crippen LogP contribution is -2.12. The van der Waals surface area contributed by atoms with Crippen LogP contribution in [-0.2, 0) is 4.74 Å². The first-order valence-corrected chi connectivity index (χ1v) is 8.26. The Bertz CT molecular complexity index is 1060. The highest BCUT2D eigenvalue weighted by atomic mass is 16.5. The Labute approximate surface area is 151 Å². The number of ketones is 1. The first-order valence-electron chi connectivity index (χ1n) is 8.26. The van der Waals surface area contributed by atoms with E-state index in [-0.39, 0.29) is 5.78 Å². The van der Waals surface area contributed by atoms with Crippen LogP contribution in [0.1, 0.15) is 15.9 Å². The summed E-state index contributed by atoms with van der Waals surface area (Å²) in [5.74, 6) is 1.57. The fraction of sp³-hybridized carbons (Fsp3) is 0.136. The highest BCUT2D eigenvalue weighted by molar-refractivity contribution is 6.25. The molecule has 0 fully saturated rings. The molecule has 0 saturated heterocycles. The number of hydrogen-bond donors (Lipinski definition) is 0. The number of methoxy groups -OCH3 is 3. The van der Waals surface area contributed by atoms with Gasteiger partial charge in [-0.15, -0.1) is 0 Å². The van der Waals surface area contributed by atoms with E-state index in [2.05, 4.69) is 0 Å². The van der Waals surface area contributed by atoms with Gasteiger partial charge in [0.05, 0.1) is 21.3 Å². The minimum atomic E-state index is -0.121. The molecule has 26 heavy (non-hydrogen) atoms. The summed E-state index contributed by atoms with van der Waals surface area (Å²) in [7, 11) is 4.74. The first kappa shape index (κ1) is 16.2. The van der Waals surface area contributed by atoms with Gasteiger partial charge < -0.3 is 14.2 Å². The molecule has 0 N–H and O–H groups in total. The van der Waals surface area contributed by atoms with Crippen molar-refractivity contribution < 1.29 is 19.0 Å². The van der Waals surface area contributed by atoms with E-state index in [1.165, 1.54) is 7.11 Å². The number of benzene rings is 3. The summed E-state index contributed by atoms with van der Waals surface area (Å²) in [6.07, 6.45) is 1.80. The highest BCUT2D eigenvalue weighted by Gasteiger charge is 2.27. The van der Waals surface area contributed by atoms with Crippen LogP contribution in [0.5, 0.6) is 11.5 Å². The molecule has 0 spiro atoms. The van der Waals surface area contributed by atoms with Crippen LogP contribution in [0.25, 0.3) is 28.0 Å². The van der Waals surface area contributed by atoms with E-state index in [4.69, 9.17) is 14.2 Å². The molecular weight excluding hydrogens is 328 g/mol. The van der Waals surface area contributed by atoms with Crippen molar-refractivity contribution >= 4 is 22.6 Å². The van der Waals surface area contributed by atoms with Crippen LogP contribution in [0.2, 0.25) is 0 Å². The minimum Gasteiger partial charge on any atom is -0.497 e. The molecule has 0 aliphatic heterocycles. The summed E-state index contributed by atoms with van der Waals surface area (Å²) >= 11 is 0. The zero-order chi connectivity index (χ0) is 18.3. The molecule has 0 atom stereocenters. The average Bonchev–Trinajstić information content (AvgIpc) is 2.69. The molecule has 4 heteroatoms. The summed E-state index contributed by atoms with van der Waals surface area (Å²) < 4.78 is 16.2. The van der Waals surface area contributed by atoms with Crippen molar-refractivity contribution in [3.63, 3.8) is 0 Å². The van der Waals surface area contributed by atoms with Crippen LogP contribution in [0, 0.1) is 0 Å². The normalized spacial score (nSPS) is 12.7. The number of Topliss-reactive ketones (excluding diaryl/α,β-unsaturated/α-hetero) is 1. The summed E-state index contributed by atoms with van der Waals surface area (Å²) in [6.45, 7) is 0. The molecule has 3 aromatic carbocycles. The molecule has 0 radical (unpaired) electrons. The molecular formula is C22H18O4. The fourth-order valence-corrected chi connectivity index (χ4v) is 3.49. The molecule has 0 unspecified atom stereocenters. The second-order valence-electron chi connectivity index (χ2n) is 6.04. The van der Waals surface area contributed by atoms with Crippen LogP contribution in [-0.4, -0.2) is 27.1 Å². The van der Waals surface area contributed by atoms with Crippen molar-refractivity contribution in [2.24, 2.45) is 0 Å². The Morgan fingerprint density at radius 3 is 2.35 bits per heavy atom. The van der Waals surface area contributed by atoms with E-state index >= 15 is 0 Å². The second-order valence-corrected chi connectivity index (χ2v) is 6.04. The van der Waals surface area contributed by atoms with Crippen LogP contribution in [0.3, 0.4) is 0 Å². The van der Waals surface area contributed by atoms with Gasteiger partial charge in [-0.25, -0.2) is 0 Å². The molecule has 0 bridgehead atoms. The van der Waals surface area contributed by atoms with Gasteiger partial charge in [0.15, 0.2) is 5.76 Å². The number of ether oxygens (including phenoxy) is 3. The van der Waals surface area contributed by atoms with Gasteiger partial charge in [0.2, 0.25) is 5.78 Å². The Hall–Kier alpha value is -3.27. The van der Waals surface area contributed by atoms with Crippen LogP contribution >= 0.6 is 0 Å². The smallest absolute Gasteiger partial charge is 0.228 e. The third-order valence-corrected chi connectivity index (χ3v) is 4.73. The standard InChI is InChI=1S/C22H18O4/c1-24-15-8-10-16(18(12-15)25-2)17-9-7-13-5-4-6-14-11-19(26-3)22(23)21(17)20(13)14/h4-12H,1-3H3. The summed E-state index contributed by atoms with van der Waals surface area (Å²) in [6, 6.07) is 15.6. The quantitative estimate of drug-likeness (QED) is 0.686. The zero-order valence-corrected chi connectivity index (χ0v) is 14.8. The summed E-state index contributed by atoms with van der Waals surface area (Å²) in [5, 5.41) is 1.96. The van der Waals surface area contributed by atoms with Crippen molar-refractivity contribution in [3.8, 4) is 22.6 Å². The molecule has 1 aliphatic rings. The van der Waals surface area contributed by atoms with Crippen molar-refractivity contribution in [2.75, 3.05) is 21.3 Å². The second kappa shape index (κ2) is 6.23. The van der Waals surface area contributed by atoms with Crippen LogP contribution < -0.4 is 9.47 Å². The van der Waals surface area contributed by atoms with Gasteiger partial charge >= 0.3 is 0 Å². The van der Waals surface area contributed by atoms with Crippen molar-refractivity contribution in [3.05, 3.63) is 65.4 Å². The van der Waals surface area contributed by atoms with Gasteiger partial charge in [-0.3, -0.25) is 4.79 Å². The average molecular weight is 346 g/mol. The van der Waals surface area contributed by atoms with E-state index in [1.54, 1.807) is 20.3 Å². The predicted octanol–water partition coefficient (Wildman–Crippen LogP) is 4.71. The van der Waals surface area contributed by atoms with Gasteiger partial charge in [-0.05, 0) is 34.7 Å². The van der Waals surface area contributed by atoms with Crippen molar-refractivity contribution in [1.82, 2.24) is 0 Å². The topological polar surface area (TPSA) is 44.8 Å². The van der Waals surface area contributed by atoms with E-state index in [0.29, 0.717) is 22.8 Å². The number of rotatable bonds is 4. The molecule has 130 valence electrons. The molecule has 3 aromatic rings. The van der Waals surface area contributed by atoms with Gasteiger partial charge in [-0.2, -0.15) is 0 Å². The maximum atomic E-state index is 13.1. The number of carbonyl (C=O) groups excluding carboxylic acids is 1. The van der Waals surface area contributed by atoms with Gasteiger partial charge in [0.25, 0.3) is 0 Å². The highest BCUT2D eigenvalue weighted by Crippen LogP contribution is 2.41. The van der Waals surface area contributed by atoms with Crippen molar-refractivity contribution in [1.29, 1.82) is 0 Å². The number of hydrogen-bond acceptors (Lipinski definition) is 4. The number of allylic oxidation sites excluding steroid dienone is 1. The predicted molar refractivity (Wildman–Crippen MR) is 102 cm³/mol. The molecule has 0 amide bonds. The summed E-state index contributed by atoms with van der Waals surface area (Å²) in [4.78, 5) is 13.1. The minimum absolute atomic E-state index is 0.121. The molecule has 1 aliphatic carbocycles. The Morgan fingerprint density at radius 1 is 0.808 bits per heavy atom. The lowest BCUT2D eigenvalue weighted by Gasteiger charge is -2.20. The van der Waals surface area contributed by atoms with E-state index < -0.39 is 0 Å².